The molecule has 0 atom stereocenters. The van der Waals surface area contributed by atoms with Crippen LogP contribution in [0.3, 0.4) is 0 Å². The molecule has 18 heavy (non-hydrogen) atoms. The third kappa shape index (κ3) is 5.42. The molecule has 0 aliphatic carbocycles. The number of ether oxygens (including phenoxy) is 1. The summed E-state index contributed by atoms with van der Waals surface area (Å²) in [5, 5.41) is 6.20. The second-order valence-electron chi connectivity index (χ2n) is 3.31. The predicted octanol–water partition coefficient (Wildman–Crippen LogP) is 2.26. The summed E-state index contributed by atoms with van der Waals surface area (Å²) in [6.45, 7) is 2.54. The van der Waals surface area contributed by atoms with E-state index < -0.39 is 13.0 Å². The van der Waals surface area contributed by atoms with E-state index in [9.17, 15) is 8.78 Å². The van der Waals surface area contributed by atoms with Gasteiger partial charge in [-0.05, 0) is 6.92 Å². The van der Waals surface area contributed by atoms with E-state index in [2.05, 4.69) is 20.6 Å². The van der Waals surface area contributed by atoms with E-state index in [-0.39, 0.29) is 6.61 Å². The molecule has 1 aromatic rings. The van der Waals surface area contributed by atoms with E-state index in [0.29, 0.717) is 29.9 Å². The van der Waals surface area contributed by atoms with E-state index >= 15 is 0 Å². The summed E-state index contributed by atoms with van der Waals surface area (Å²) in [5.41, 5.74) is 0. The average molecular weight is 281 g/mol. The highest BCUT2D eigenvalue weighted by Gasteiger charge is 2.05. The Bertz CT molecular complexity index is 368. The van der Waals surface area contributed by atoms with Crippen molar-refractivity contribution in [3.8, 4) is 0 Å². The van der Waals surface area contributed by atoms with Crippen molar-refractivity contribution in [1.29, 1.82) is 0 Å². The maximum absolute atomic E-state index is 11.8. The van der Waals surface area contributed by atoms with Gasteiger partial charge in [0, 0.05) is 13.1 Å². The quantitative estimate of drug-likeness (QED) is 0.715. The van der Waals surface area contributed by atoms with Crippen LogP contribution in [0, 0.1) is 0 Å². The number of hydrogen-bond acceptors (Lipinski definition) is 5. The molecule has 2 N–H and O–H groups in total. The molecule has 1 heterocycles. The second-order valence-corrected chi connectivity index (χ2v) is 3.72. The molecular formula is C10H15ClF2N4O. The molecule has 0 saturated carbocycles. The van der Waals surface area contributed by atoms with Gasteiger partial charge in [0.2, 0.25) is 5.95 Å². The summed E-state index contributed by atoms with van der Waals surface area (Å²) in [4.78, 5) is 8.10. The average Bonchev–Trinajstić information content (AvgIpc) is 2.32. The largest absolute Gasteiger partial charge is 0.374 e. The molecule has 0 aliphatic rings. The van der Waals surface area contributed by atoms with Crippen LogP contribution in [0.5, 0.6) is 0 Å². The van der Waals surface area contributed by atoms with Gasteiger partial charge in [-0.1, -0.05) is 11.6 Å². The Morgan fingerprint density at radius 3 is 2.89 bits per heavy atom. The van der Waals surface area contributed by atoms with Crippen molar-refractivity contribution in [3.63, 3.8) is 0 Å². The molecule has 102 valence electrons. The van der Waals surface area contributed by atoms with Gasteiger partial charge in [0.15, 0.2) is 5.82 Å². The van der Waals surface area contributed by atoms with Crippen molar-refractivity contribution in [1.82, 2.24) is 9.97 Å². The van der Waals surface area contributed by atoms with Crippen LogP contribution in [-0.4, -0.2) is 42.7 Å². The lowest BCUT2D eigenvalue weighted by Gasteiger charge is -2.09. The van der Waals surface area contributed by atoms with E-state index in [1.54, 1.807) is 0 Å². The van der Waals surface area contributed by atoms with Gasteiger partial charge >= 0.3 is 0 Å². The Labute approximate surface area is 109 Å². The maximum atomic E-state index is 11.8. The predicted molar refractivity (Wildman–Crippen MR) is 66.5 cm³/mol. The van der Waals surface area contributed by atoms with E-state index in [0.717, 1.165) is 0 Å². The topological polar surface area (TPSA) is 59.1 Å². The minimum Gasteiger partial charge on any atom is -0.374 e. The van der Waals surface area contributed by atoms with Crippen LogP contribution in [0.4, 0.5) is 20.5 Å². The highest BCUT2D eigenvalue weighted by atomic mass is 35.5. The molecule has 5 nitrogen and oxygen atoms in total. The normalized spacial score (nSPS) is 10.7. The number of hydrogen-bond donors (Lipinski definition) is 2. The summed E-state index contributed by atoms with van der Waals surface area (Å²) >= 11 is 5.88. The Morgan fingerprint density at radius 2 is 2.22 bits per heavy atom. The third-order valence-electron chi connectivity index (χ3n) is 1.86. The van der Waals surface area contributed by atoms with Gasteiger partial charge in [-0.2, -0.15) is 4.98 Å². The molecule has 0 aromatic carbocycles. The third-order valence-corrected chi connectivity index (χ3v) is 2.14. The SMILES string of the molecule is CCNc1ncc(Cl)c(NCCOCC(F)F)n1. The Kier molecular flexibility index (Phi) is 6.59. The minimum absolute atomic E-state index is 0.154. The first kappa shape index (κ1) is 14.8. The first-order valence-corrected chi connectivity index (χ1v) is 5.87. The second kappa shape index (κ2) is 7.99. The summed E-state index contributed by atoms with van der Waals surface area (Å²) in [6.07, 6.45) is -0.984. The van der Waals surface area contributed by atoms with Gasteiger partial charge < -0.3 is 15.4 Å². The molecule has 0 aliphatic heterocycles. The number of nitrogens with zero attached hydrogens (tertiary/aromatic N) is 2. The minimum atomic E-state index is -2.45. The van der Waals surface area contributed by atoms with Crippen LogP contribution in [0.15, 0.2) is 6.20 Å². The monoisotopic (exact) mass is 280 g/mol. The Balaban J connectivity index is 2.38. The molecule has 0 fully saturated rings. The number of anilines is 2. The molecule has 1 aromatic heterocycles. The van der Waals surface area contributed by atoms with Gasteiger partial charge in [0.25, 0.3) is 6.43 Å². The van der Waals surface area contributed by atoms with Crippen molar-refractivity contribution in [2.75, 3.05) is 36.9 Å². The van der Waals surface area contributed by atoms with Crippen LogP contribution in [0.2, 0.25) is 5.02 Å². The number of rotatable bonds is 8. The van der Waals surface area contributed by atoms with Crippen molar-refractivity contribution in [2.45, 2.75) is 13.3 Å². The van der Waals surface area contributed by atoms with Crippen LogP contribution in [0.25, 0.3) is 0 Å². The van der Waals surface area contributed by atoms with E-state index in [4.69, 9.17) is 16.3 Å². The van der Waals surface area contributed by atoms with Crippen LogP contribution >= 0.6 is 11.6 Å². The van der Waals surface area contributed by atoms with Crippen LogP contribution < -0.4 is 10.6 Å². The highest BCUT2D eigenvalue weighted by molar-refractivity contribution is 6.32. The first-order chi connectivity index (χ1) is 8.63. The maximum Gasteiger partial charge on any atom is 0.261 e. The first-order valence-electron chi connectivity index (χ1n) is 5.49. The zero-order valence-corrected chi connectivity index (χ0v) is 10.7. The molecule has 0 saturated heterocycles. The molecule has 0 bridgehead atoms. The Morgan fingerprint density at radius 1 is 1.44 bits per heavy atom. The lowest BCUT2D eigenvalue weighted by molar-refractivity contribution is 0.0215. The fraction of sp³-hybridized carbons (Fsp3) is 0.600. The molecule has 0 radical (unpaired) electrons. The fourth-order valence-corrected chi connectivity index (χ4v) is 1.31. The molecule has 0 unspecified atom stereocenters. The van der Waals surface area contributed by atoms with Crippen LogP contribution in [0.1, 0.15) is 6.92 Å². The molecule has 0 amide bonds. The fourth-order valence-electron chi connectivity index (χ4n) is 1.15. The van der Waals surface area contributed by atoms with Crippen molar-refractivity contribution < 1.29 is 13.5 Å². The summed E-state index contributed by atoms with van der Waals surface area (Å²) in [6, 6.07) is 0. The smallest absolute Gasteiger partial charge is 0.261 e. The number of alkyl halides is 2. The number of nitrogens with one attached hydrogen (secondary N) is 2. The number of aromatic nitrogens is 2. The van der Waals surface area contributed by atoms with Gasteiger partial charge in [0.1, 0.15) is 11.6 Å². The zero-order valence-electron chi connectivity index (χ0n) is 9.92. The van der Waals surface area contributed by atoms with E-state index in [1.165, 1.54) is 6.20 Å². The van der Waals surface area contributed by atoms with Crippen molar-refractivity contribution in [2.24, 2.45) is 0 Å². The summed E-state index contributed by atoms with van der Waals surface area (Å²) in [7, 11) is 0. The summed E-state index contributed by atoms with van der Waals surface area (Å²) in [5.74, 6) is 0.904. The lowest BCUT2D eigenvalue weighted by atomic mass is 10.5. The van der Waals surface area contributed by atoms with Crippen molar-refractivity contribution >= 4 is 23.4 Å². The van der Waals surface area contributed by atoms with Crippen molar-refractivity contribution in [3.05, 3.63) is 11.2 Å². The van der Waals surface area contributed by atoms with Gasteiger partial charge in [-0.25, -0.2) is 13.8 Å². The lowest BCUT2D eigenvalue weighted by Crippen LogP contribution is -2.14. The molecule has 0 spiro atoms. The highest BCUT2D eigenvalue weighted by Crippen LogP contribution is 2.18. The molecule has 1 rings (SSSR count). The Hall–Kier alpha value is -1.21. The van der Waals surface area contributed by atoms with Gasteiger partial charge in [-0.3, -0.25) is 0 Å². The number of halogens is 3. The summed E-state index contributed by atoms with van der Waals surface area (Å²) < 4.78 is 28.3. The van der Waals surface area contributed by atoms with Crippen LogP contribution in [-0.2, 0) is 4.74 Å². The standard InChI is InChI=1S/C10H15ClF2N4O/c1-2-14-10-16-5-7(11)9(17-10)15-3-4-18-6-8(12)13/h5,8H,2-4,6H2,1H3,(H2,14,15,16,17). The van der Waals surface area contributed by atoms with Gasteiger partial charge in [0.05, 0.1) is 12.8 Å². The van der Waals surface area contributed by atoms with E-state index in [1.807, 2.05) is 6.92 Å². The van der Waals surface area contributed by atoms with Gasteiger partial charge in [-0.15, -0.1) is 0 Å². The molecular weight excluding hydrogens is 266 g/mol. The molecule has 8 heteroatoms. The zero-order chi connectivity index (χ0) is 13.4.